The number of pyridine rings is 1. The van der Waals surface area contributed by atoms with Crippen molar-refractivity contribution < 1.29 is 32.5 Å². The number of aromatic nitrogens is 1. The number of rotatable bonds is 5. The molecule has 3 aromatic carbocycles. The summed E-state index contributed by atoms with van der Waals surface area (Å²) in [5, 5.41) is 11.3. The Morgan fingerprint density at radius 1 is 1.14 bits per heavy atom. The summed E-state index contributed by atoms with van der Waals surface area (Å²) in [6.45, 7) is 7.39. The number of aliphatic carboxylic acids is 1. The monoisotopic (exact) mass is 509 g/mol. The Morgan fingerprint density at radius 3 is 2.57 bits per heavy atom. The molecule has 5 rings (SSSR count). The predicted octanol–water partition coefficient (Wildman–Crippen LogP) is 7.32. The highest BCUT2D eigenvalue weighted by Crippen LogP contribution is 2.46. The number of hydrogen-bond donors (Lipinski definition) is 1. The standard InChI is InChI=1S/C29H26F3NO4/c1-14-13-19-16(5-6-18(24(19)30)27(31)32)23(21(14)26(28(34)35)37-29(2,3)4)17-7-8-20-22-15(10-12-36-20)9-11-33-25(17)22/h5-9,11,13,26-27H,10,12H2,1-4H3,(H,34,35)/t26-/m1/s1. The van der Waals surface area contributed by atoms with Crippen LogP contribution < -0.4 is 4.74 Å². The number of halogens is 3. The van der Waals surface area contributed by atoms with Gasteiger partial charge in [-0.1, -0.05) is 6.07 Å². The molecular formula is C29H26F3NO4. The van der Waals surface area contributed by atoms with E-state index in [1.54, 1.807) is 46.0 Å². The van der Waals surface area contributed by atoms with Crippen LogP contribution in [0.25, 0.3) is 32.8 Å². The van der Waals surface area contributed by atoms with Gasteiger partial charge in [-0.05, 0) is 80.1 Å². The van der Waals surface area contributed by atoms with Crippen LogP contribution in [0.1, 0.15) is 55.6 Å². The fraction of sp³-hybridized carbons (Fsp3) is 0.310. The zero-order valence-corrected chi connectivity index (χ0v) is 20.9. The van der Waals surface area contributed by atoms with Gasteiger partial charge < -0.3 is 14.6 Å². The molecule has 0 amide bonds. The second kappa shape index (κ2) is 9.03. The van der Waals surface area contributed by atoms with Crippen molar-refractivity contribution in [1.29, 1.82) is 0 Å². The Kier molecular flexibility index (Phi) is 6.10. The summed E-state index contributed by atoms with van der Waals surface area (Å²) in [5.41, 5.74) is 1.70. The number of nitrogens with zero attached hydrogens (tertiary/aromatic N) is 1. The smallest absolute Gasteiger partial charge is 0.337 e. The molecule has 0 saturated carbocycles. The van der Waals surface area contributed by atoms with Gasteiger partial charge in [0.15, 0.2) is 6.10 Å². The molecule has 0 spiro atoms. The van der Waals surface area contributed by atoms with Crippen LogP contribution in [-0.2, 0) is 16.0 Å². The van der Waals surface area contributed by atoms with Crippen molar-refractivity contribution in [3.63, 3.8) is 0 Å². The number of benzene rings is 3. The van der Waals surface area contributed by atoms with Crippen LogP contribution >= 0.6 is 0 Å². The third kappa shape index (κ3) is 4.29. The Labute approximate surface area is 211 Å². The van der Waals surface area contributed by atoms with Crippen molar-refractivity contribution in [3.8, 4) is 16.9 Å². The van der Waals surface area contributed by atoms with Crippen LogP contribution in [0.4, 0.5) is 13.2 Å². The maximum absolute atomic E-state index is 15.4. The van der Waals surface area contributed by atoms with Crippen molar-refractivity contribution >= 4 is 27.6 Å². The molecule has 5 nitrogen and oxygen atoms in total. The minimum absolute atomic E-state index is 0.0225. The highest BCUT2D eigenvalue weighted by atomic mass is 19.3. The van der Waals surface area contributed by atoms with Crippen LogP contribution in [-0.4, -0.2) is 28.3 Å². The molecule has 1 aliphatic heterocycles. The highest BCUT2D eigenvalue weighted by Gasteiger charge is 2.33. The van der Waals surface area contributed by atoms with E-state index < -0.39 is 35.5 Å². The second-order valence-corrected chi connectivity index (χ2v) is 10.2. The molecule has 4 aromatic rings. The van der Waals surface area contributed by atoms with Crippen molar-refractivity contribution in [3.05, 3.63) is 70.7 Å². The fourth-order valence-corrected chi connectivity index (χ4v) is 5.09. The summed E-state index contributed by atoms with van der Waals surface area (Å²) in [5.74, 6) is -1.60. The lowest BCUT2D eigenvalue weighted by molar-refractivity contribution is -0.160. The molecular weight excluding hydrogens is 483 g/mol. The average molecular weight is 510 g/mol. The predicted molar refractivity (Wildman–Crippen MR) is 135 cm³/mol. The quantitative estimate of drug-likeness (QED) is 0.305. The van der Waals surface area contributed by atoms with Gasteiger partial charge in [0.1, 0.15) is 11.6 Å². The summed E-state index contributed by atoms with van der Waals surface area (Å²) in [4.78, 5) is 17.2. The van der Waals surface area contributed by atoms with Gasteiger partial charge >= 0.3 is 5.97 Å². The van der Waals surface area contributed by atoms with Gasteiger partial charge in [0, 0.05) is 34.5 Å². The van der Waals surface area contributed by atoms with Crippen LogP contribution in [0.2, 0.25) is 0 Å². The SMILES string of the molecule is Cc1cc2c(F)c(C(F)F)ccc2c(-c2ccc3c4c(ccnc24)CCO3)c1[C@@H](OC(C)(C)C)C(=O)O. The maximum atomic E-state index is 15.4. The Hall–Kier alpha value is -3.65. The van der Waals surface area contributed by atoms with Gasteiger partial charge in [0.05, 0.1) is 23.3 Å². The molecule has 0 aliphatic carbocycles. The van der Waals surface area contributed by atoms with E-state index in [-0.39, 0.29) is 5.39 Å². The van der Waals surface area contributed by atoms with E-state index in [2.05, 4.69) is 4.98 Å². The van der Waals surface area contributed by atoms with Gasteiger partial charge in [-0.3, -0.25) is 4.98 Å². The molecule has 0 fully saturated rings. The number of aryl methyl sites for hydroxylation is 1. The lowest BCUT2D eigenvalue weighted by Crippen LogP contribution is -2.28. The van der Waals surface area contributed by atoms with Gasteiger partial charge in [-0.2, -0.15) is 0 Å². The number of alkyl halides is 2. The van der Waals surface area contributed by atoms with Gasteiger partial charge in [-0.25, -0.2) is 18.0 Å². The first-order valence-corrected chi connectivity index (χ1v) is 12.0. The summed E-state index contributed by atoms with van der Waals surface area (Å²) < 4.78 is 54.4. The summed E-state index contributed by atoms with van der Waals surface area (Å²) in [7, 11) is 0. The lowest BCUT2D eigenvalue weighted by Gasteiger charge is -2.29. The van der Waals surface area contributed by atoms with E-state index in [4.69, 9.17) is 9.47 Å². The molecule has 0 unspecified atom stereocenters. The van der Waals surface area contributed by atoms with E-state index >= 15 is 4.39 Å². The Bertz CT molecular complexity index is 1550. The molecule has 2 heterocycles. The third-order valence-electron chi connectivity index (χ3n) is 6.57. The zero-order chi connectivity index (χ0) is 26.6. The van der Waals surface area contributed by atoms with Crippen LogP contribution in [0, 0.1) is 12.7 Å². The van der Waals surface area contributed by atoms with Crippen molar-refractivity contribution in [1.82, 2.24) is 4.98 Å². The summed E-state index contributed by atoms with van der Waals surface area (Å²) >= 11 is 0. The van der Waals surface area contributed by atoms with E-state index in [0.717, 1.165) is 17.0 Å². The zero-order valence-electron chi connectivity index (χ0n) is 20.9. The molecule has 192 valence electrons. The first kappa shape index (κ1) is 25.0. The fourth-order valence-electron chi connectivity index (χ4n) is 5.09. The number of carboxylic acids is 1. The minimum Gasteiger partial charge on any atom is -0.493 e. The maximum Gasteiger partial charge on any atom is 0.337 e. The first-order chi connectivity index (χ1) is 17.5. The number of carboxylic acid groups (broad SMARTS) is 1. The van der Waals surface area contributed by atoms with Crippen molar-refractivity contribution in [2.75, 3.05) is 6.61 Å². The largest absolute Gasteiger partial charge is 0.493 e. The summed E-state index contributed by atoms with van der Waals surface area (Å²) in [6.07, 6.45) is -2.06. The van der Waals surface area contributed by atoms with Gasteiger partial charge in [-0.15, -0.1) is 0 Å². The molecule has 1 N–H and O–H groups in total. The van der Waals surface area contributed by atoms with E-state index in [1.165, 1.54) is 12.1 Å². The van der Waals surface area contributed by atoms with Crippen molar-refractivity contribution in [2.24, 2.45) is 0 Å². The number of hydrogen-bond acceptors (Lipinski definition) is 4. The molecule has 1 aliphatic rings. The first-order valence-electron chi connectivity index (χ1n) is 12.0. The van der Waals surface area contributed by atoms with Crippen molar-refractivity contribution in [2.45, 2.75) is 52.2 Å². The molecule has 37 heavy (non-hydrogen) atoms. The average Bonchev–Trinajstić information content (AvgIpc) is 2.82. The molecule has 0 radical (unpaired) electrons. The van der Waals surface area contributed by atoms with E-state index in [0.29, 0.717) is 51.9 Å². The molecule has 0 bridgehead atoms. The highest BCUT2D eigenvalue weighted by molar-refractivity contribution is 6.09. The van der Waals surface area contributed by atoms with Gasteiger partial charge in [0.2, 0.25) is 0 Å². The second-order valence-electron chi connectivity index (χ2n) is 10.2. The van der Waals surface area contributed by atoms with E-state index in [1.807, 2.05) is 6.07 Å². The van der Waals surface area contributed by atoms with Crippen LogP contribution in [0.5, 0.6) is 5.75 Å². The van der Waals surface area contributed by atoms with Crippen LogP contribution in [0.15, 0.2) is 42.6 Å². The minimum atomic E-state index is -3.00. The summed E-state index contributed by atoms with van der Waals surface area (Å²) in [6, 6.07) is 9.33. The van der Waals surface area contributed by atoms with Gasteiger partial charge in [0.25, 0.3) is 6.43 Å². The third-order valence-corrected chi connectivity index (χ3v) is 6.57. The molecule has 1 aromatic heterocycles. The van der Waals surface area contributed by atoms with Crippen LogP contribution in [0.3, 0.4) is 0 Å². The number of ether oxygens (including phenoxy) is 2. The normalized spacial score (nSPS) is 14.3. The molecule has 1 atom stereocenters. The number of carbonyl (C=O) groups is 1. The lowest BCUT2D eigenvalue weighted by atomic mass is 9.85. The molecule has 8 heteroatoms. The van der Waals surface area contributed by atoms with E-state index in [9.17, 15) is 18.7 Å². The molecule has 0 saturated heterocycles. The Morgan fingerprint density at radius 2 is 1.89 bits per heavy atom. The number of fused-ring (bicyclic) bond motifs is 1. The Balaban J connectivity index is 1.94. The topological polar surface area (TPSA) is 68.7 Å².